The van der Waals surface area contributed by atoms with Gasteiger partial charge in [0.25, 0.3) is 0 Å². The van der Waals surface area contributed by atoms with Gasteiger partial charge >= 0.3 is 6.09 Å². The summed E-state index contributed by atoms with van der Waals surface area (Å²) in [5, 5.41) is 7.20. The fraction of sp³-hybridized carbons (Fsp3) is 0.625. The van der Waals surface area contributed by atoms with Crippen molar-refractivity contribution in [3.8, 4) is 0 Å². The Morgan fingerprint density at radius 1 is 1.31 bits per heavy atom. The number of carbonyl (C=O) groups excluding carboxylic acids is 1. The van der Waals surface area contributed by atoms with Crippen LogP contribution in [0.2, 0.25) is 0 Å². The van der Waals surface area contributed by atoms with E-state index < -0.39 is 5.60 Å². The number of aryl methyl sites for hydroxylation is 1. The molecule has 4 rings (SSSR count). The summed E-state index contributed by atoms with van der Waals surface area (Å²) in [5.41, 5.74) is -0.00627. The number of nitrogens with zero attached hydrogens (tertiary/aromatic N) is 4. The normalized spacial score (nSPS) is 19.5. The number of aromatic nitrogens is 2. The van der Waals surface area contributed by atoms with Gasteiger partial charge < -0.3 is 25.0 Å². The zero-order valence-electron chi connectivity index (χ0n) is 20.9. The third kappa shape index (κ3) is 7.25. The molecule has 4 heterocycles. The molecule has 1 atom stereocenters. The number of halogens is 1. The van der Waals surface area contributed by atoms with Gasteiger partial charge in [-0.25, -0.2) is 19.2 Å². The van der Waals surface area contributed by atoms with Crippen LogP contribution >= 0.6 is 11.3 Å². The van der Waals surface area contributed by atoms with Crippen LogP contribution < -0.4 is 10.6 Å². The van der Waals surface area contributed by atoms with Gasteiger partial charge in [0, 0.05) is 55.4 Å². The summed E-state index contributed by atoms with van der Waals surface area (Å²) in [5.74, 6) is 0.348. The van der Waals surface area contributed by atoms with Crippen LogP contribution in [0.3, 0.4) is 0 Å². The van der Waals surface area contributed by atoms with Gasteiger partial charge in [-0.3, -0.25) is 4.90 Å². The molecule has 2 aliphatic heterocycles. The van der Waals surface area contributed by atoms with Gasteiger partial charge in [-0.05, 0) is 46.6 Å². The molecular weight excluding hydrogens is 471 g/mol. The Bertz CT molecular complexity index is 1020. The lowest BCUT2D eigenvalue weighted by Crippen LogP contribution is -2.47. The monoisotopic (exact) mass is 506 g/mol. The SMILES string of the molecule is Cc1cnc(Nc2cc(CN3CCOCC3)c(F)c(NC3CCCN(C(=O)OC(C)(C)C)C3)n2)s1. The number of hydrogen-bond donors (Lipinski definition) is 2. The van der Waals surface area contributed by atoms with E-state index in [1.54, 1.807) is 17.2 Å². The predicted molar refractivity (Wildman–Crippen MR) is 135 cm³/mol. The molecule has 0 saturated carbocycles. The number of rotatable bonds is 6. The molecule has 2 aliphatic rings. The van der Waals surface area contributed by atoms with Gasteiger partial charge in [-0.2, -0.15) is 0 Å². The quantitative estimate of drug-likeness (QED) is 0.597. The molecule has 9 nitrogen and oxygen atoms in total. The fourth-order valence-corrected chi connectivity index (χ4v) is 4.83. The Balaban J connectivity index is 1.53. The maximum atomic E-state index is 15.7. The number of ether oxygens (including phenoxy) is 2. The number of anilines is 3. The van der Waals surface area contributed by atoms with Crippen LogP contribution in [0.1, 0.15) is 44.1 Å². The Labute approximate surface area is 210 Å². The summed E-state index contributed by atoms with van der Waals surface area (Å²) >= 11 is 1.52. The first-order chi connectivity index (χ1) is 16.7. The second-order valence-corrected chi connectivity index (χ2v) is 11.3. The fourth-order valence-electron chi connectivity index (χ4n) is 4.16. The molecule has 0 bridgehead atoms. The first-order valence-corrected chi connectivity index (χ1v) is 12.9. The molecule has 1 unspecified atom stereocenters. The Hall–Kier alpha value is -2.50. The lowest BCUT2D eigenvalue weighted by molar-refractivity contribution is 0.0206. The summed E-state index contributed by atoms with van der Waals surface area (Å²) in [6, 6.07) is 1.62. The number of thiazole rings is 1. The summed E-state index contributed by atoms with van der Waals surface area (Å²) in [7, 11) is 0. The number of nitrogens with one attached hydrogen (secondary N) is 2. The van der Waals surface area contributed by atoms with Crippen LogP contribution in [0.15, 0.2) is 12.3 Å². The summed E-state index contributed by atoms with van der Waals surface area (Å²) in [6.07, 6.45) is 3.05. The van der Waals surface area contributed by atoms with Crippen molar-refractivity contribution in [1.82, 2.24) is 19.8 Å². The van der Waals surface area contributed by atoms with Crippen molar-refractivity contribution in [2.45, 2.75) is 58.7 Å². The second-order valence-electron chi connectivity index (χ2n) is 10.0. The van der Waals surface area contributed by atoms with E-state index in [2.05, 4.69) is 25.5 Å². The van der Waals surface area contributed by atoms with E-state index in [0.717, 1.165) is 30.8 Å². The van der Waals surface area contributed by atoms with Crippen LogP contribution in [0.4, 0.5) is 26.0 Å². The molecular formula is C24H35FN6O3S. The molecule has 35 heavy (non-hydrogen) atoms. The predicted octanol–water partition coefficient (Wildman–Crippen LogP) is 4.37. The molecule has 2 fully saturated rings. The second kappa shape index (κ2) is 11.0. The largest absolute Gasteiger partial charge is 0.444 e. The highest BCUT2D eigenvalue weighted by Crippen LogP contribution is 2.28. The highest BCUT2D eigenvalue weighted by atomic mass is 32.1. The van der Waals surface area contributed by atoms with Gasteiger partial charge in [0.1, 0.15) is 11.4 Å². The highest BCUT2D eigenvalue weighted by Gasteiger charge is 2.29. The van der Waals surface area contributed by atoms with Crippen molar-refractivity contribution >= 4 is 34.2 Å². The van der Waals surface area contributed by atoms with Crippen LogP contribution in [0, 0.1) is 12.7 Å². The van der Waals surface area contributed by atoms with Crippen molar-refractivity contribution in [3.05, 3.63) is 28.5 Å². The smallest absolute Gasteiger partial charge is 0.410 e. The molecule has 0 spiro atoms. The van der Waals surface area contributed by atoms with Crippen LogP contribution in [0.25, 0.3) is 0 Å². The van der Waals surface area contributed by atoms with Gasteiger partial charge in [-0.1, -0.05) is 0 Å². The minimum absolute atomic E-state index is 0.133. The van der Waals surface area contributed by atoms with Gasteiger partial charge in [0.05, 0.1) is 13.2 Å². The molecule has 11 heteroatoms. The van der Waals surface area contributed by atoms with E-state index in [9.17, 15) is 4.79 Å². The van der Waals surface area contributed by atoms with E-state index in [1.807, 2.05) is 27.7 Å². The molecule has 0 aliphatic carbocycles. The molecule has 2 saturated heterocycles. The highest BCUT2D eigenvalue weighted by molar-refractivity contribution is 7.15. The maximum absolute atomic E-state index is 15.7. The Morgan fingerprint density at radius 2 is 2.09 bits per heavy atom. The number of likely N-dealkylation sites (tertiary alicyclic amines) is 1. The van der Waals surface area contributed by atoms with E-state index in [1.165, 1.54) is 11.3 Å². The van der Waals surface area contributed by atoms with Crippen LogP contribution in [0.5, 0.6) is 0 Å². The number of hydrogen-bond acceptors (Lipinski definition) is 9. The lowest BCUT2D eigenvalue weighted by Gasteiger charge is -2.34. The Morgan fingerprint density at radius 3 is 2.77 bits per heavy atom. The number of piperidine rings is 1. The molecule has 192 valence electrons. The molecule has 2 aromatic heterocycles. The average molecular weight is 507 g/mol. The van der Waals surface area contributed by atoms with Crippen molar-refractivity contribution in [3.63, 3.8) is 0 Å². The van der Waals surface area contributed by atoms with E-state index >= 15 is 4.39 Å². The summed E-state index contributed by atoms with van der Waals surface area (Å²) in [4.78, 5) is 26.4. The zero-order valence-corrected chi connectivity index (χ0v) is 21.7. The number of morpholine rings is 1. The number of carbonyl (C=O) groups is 1. The number of pyridine rings is 1. The van der Waals surface area contributed by atoms with E-state index in [0.29, 0.717) is 49.4 Å². The third-order valence-electron chi connectivity index (χ3n) is 5.80. The third-order valence-corrected chi connectivity index (χ3v) is 6.63. The van der Waals surface area contributed by atoms with Gasteiger partial charge in [0.2, 0.25) is 0 Å². The molecule has 0 radical (unpaired) electrons. The molecule has 1 amide bonds. The van der Waals surface area contributed by atoms with Crippen molar-refractivity contribution < 1.29 is 18.7 Å². The zero-order chi connectivity index (χ0) is 25.0. The first kappa shape index (κ1) is 25.6. The van der Waals surface area contributed by atoms with Gasteiger partial charge in [0.15, 0.2) is 16.8 Å². The number of amides is 1. The van der Waals surface area contributed by atoms with Crippen molar-refractivity contribution in [1.29, 1.82) is 0 Å². The van der Waals surface area contributed by atoms with Crippen LogP contribution in [-0.4, -0.2) is 76.9 Å². The summed E-state index contributed by atoms with van der Waals surface area (Å²) in [6.45, 7) is 11.8. The maximum Gasteiger partial charge on any atom is 0.410 e. The standard InChI is InChI=1S/C24H35FN6O3S/c1-16-13-26-22(35-16)29-19-12-17(14-30-8-10-33-11-9-30)20(25)21(28-19)27-18-6-5-7-31(15-18)23(32)34-24(2,3)4/h12-13,18H,5-11,14-15H2,1-4H3,(H2,26,27,28,29). The minimum atomic E-state index is -0.562. The molecule has 2 N–H and O–H groups in total. The van der Waals surface area contributed by atoms with Crippen molar-refractivity contribution in [2.24, 2.45) is 0 Å². The van der Waals surface area contributed by atoms with Gasteiger partial charge in [-0.15, -0.1) is 11.3 Å². The minimum Gasteiger partial charge on any atom is -0.444 e. The average Bonchev–Trinajstić information content (AvgIpc) is 3.21. The molecule has 0 aromatic carbocycles. The summed E-state index contributed by atoms with van der Waals surface area (Å²) < 4.78 is 26.6. The van der Waals surface area contributed by atoms with E-state index in [-0.39, 0.29) is 23.8 Å². The molecule has 2 aromatic rings. The topological polar surface area (TPSA) is 91.9 Å². The van der Waals surface area contributed by atoms with Crippen molar-refractivity contribution in [2.75, 3.05) is 50.0 Å². The van der Waals surface area contributed by atoms with E-state index in [4.69, 9.17) is 9.47 Å². The lowest BCUT2D eigenvalue weighted by atomic mass is 10.1. The van der Waals surface area contributed by atoms with Crippen LogP contribution in [-0.2, 0) is 16.0 Å². The first-order valence-electron chi connectivity index (χ1n) is 12.1. The Kier molecular flexibility index (Phi) is 8.08.